The van der Waals surface area contributed by atoms with Gasteiger partial charge in [0.15, 0.2) is 0 Å². The van der Waals surface area contributed by atoms with Gasteiger partial charge < -0.3 is 10.2 Å². The molecule has 0 aliphatic carbocycles. The van der Waals surface area contributed by atoms with Crippen LogP contribution in [0.5, 0.6) is 0 Å². The maximum atomic E-state index is 14.0. The number of carbonyl (C=O) groups is 2. The summed E-state index contributed by atoms with van der Waals surface area (Å²) in [5.41, 5.74) is 2.76. The van der Waals surface area contributed by atoms with Crippen LogP contribution in [0.3, 0.4) is 0 Å². The van der Waals surface area contributed by atoms with Gasteiger partial charge in [-0.1, -0.05) is 79.5 Å². The molecule has 1 N–H and O–H groups in total. The third kappa shape index (κ3) is 7.86. The second-order valence-corrected chi connectivity index (χ2v) is 12.6. The topological polar surface area (TPSA) is 86.8 Å². The Hall–Kier alpha value is -3.36. The van der Waals surface area contributed by atoms with E-state index in [2.05, 4.69) is 5.32 Å². The van der Waals surface area contributed by atoms with Gasteiger partial charge in [-0.15, -0.1) is 0 Å². The lowest BCUT2D eigenvalue weighted by molar-refractivity contribution is -0.138. The van der Waals surface area contributed by atoms with E-state index in [0.29, 0.717) is 29.2 Å². The first-order valence-corrected chi connectivity index (χ1v) is 15.2. The van der Waals surface area contributed by atoms with Gasteiger partial charge in [0.1, 0.15) is 12.6 Å². The number of carbonyl (C=O) groups excluding carboxylic acids is 2. The van der Waals surface area contributed by atoms with Crippen molar-refractivity contribution in [2.45, 2.75) is 52.0 Å². The second-order valence-electron chi connectivity index (χ2n) is 10.3. The molecule has 0 bridgehead atoms. The number of amides is 2. The van der Waals surface area contributed by atoms with E-state index in [0.717, 1.165) is 15.4 Å². The number of aryl methyl sites for hydroxylation is 1. The average Bonchev–Trinajstić information content (AvgIpc) is 2.92. The van der Waals surface area contributed by atoms with Crippen molar-refractivity contribution >= 4 is 39.1 Å². The van der Waals surface area contributed by atoms with Crippen LogP contribution >= 0.6 is 11.6 Å². The predicted molar refractivity (Wildman–Crippen MR) is 161 cm³/mol. The van der Waals surface area contributed by atoms with Crippen LogP contribution in [0.1, 0.15) is 37.5 Å². The molecular formula is C31H38ClN3O4S. The van der Waals surface area contributed by atoms with Gasteiger partial charge >= 0.3 is 0 Å². The minimum Gasteiger partial charge on any atom is -0.354 e. The molecule has 0 heterocycles. The number of nitrogens with one attached hydrogen (secondary N) is 1. The molecule has 9 heteroatoms. The molecular weight excluding hydrogens is 546 g/mol. The van der Waals surface area contributed by atoms with Crippen LogP contribution in [-0.2, 0) is 26.0 Å². The fraction of sp³-hybridized carbons (Fsp3) is 0.355. The first-order chi connectivity index (χ1) is 18.9. The molecule has 0 aliphatic heterocycles. The van der Waals surface area contributed by atoms with Crippen molar-refractivity contribution < 1.29 is 18.0 Å². The van der Waals surface area contributed by atoms with Gasteiger partial charge in [0, 0.05) is 18.1 Å². The Kier molecular flexibility index (Phi) is 10.8. The van der Waals surface area contributed by atoms with Crippen LogP contribution in [0.2, 0.25) is 5.02 Å². The highest BCUT2D eigenvalue weighted by Gasteiger charge is 2.33. The molecule has 3 aromatic rings. The standard InChI is InChI=1S/C31H38ClN3O4S/c1-22(2)20-33-31(37)25(5)34(19-18-26-10-7-6-8-11-26)30(36)21-35(29-13-9-12-28(32)24(29)4)40(38,39)27-16-14-23(3)15-17-27/h6-17,22,25H,18-21H2,1-5H3,(H,33,37). The van der Waals surface area contributed by atoms with E-state index < -0.39 is 28.5 Å². The zero-order valence-electron chi connectivity index (χ0n) is 23.7. The maximum absolute atomic E-state index is 14.0. The Balaban J connectivity index is 2.00. The smallest absolute Gasteiger partial charge is 0.264 e. The van der Waals surface area contributed by atoms with Crippen molar-refractivity contribution in [3.8, 4) is 0 Å². The van der Waals surface area contributed by atoms with Crippen LogP contribution in [0.15, 0.2) is 77.7 Å². The predicted octanol–water partition coefficient (Wildman–Crippen LogP) is 5.38. The van der Waals surface area contributed by atoms with E-state index in [4.69, 9.17) is 11.6 Å². The number of anilines is 1. The summed E-state index contributed by atoms with van der Waals surface area (Å²) >= 11 is 6.37. The lowest BCUT2D eigenvalue weighted by atomic mass is 10.1. The van der Waals surface area contributed by atoms with Crippen molar-refractivity contribution in [2.75, 3.05) is 23.9 Å². The highest BCUT2D eigenvalue weighted by atomic mass is 35.5. The molecule has 1 unspecified atom stereocenters. The second kappa shape index (κ2) is 13.8. The fourth-order valence-corrected chi connectivity index (χ4v) is 5.88. The molecule has 214 valence electrons. The normalized spacial score (nSPS) is 12.2. The number of halogens is 1. The summed E-state index contributed by atoms with van der Waals surface area (Å²) in [5, 5.41) is 3.28. The van der Waals surface area contributed by atoms with E-state index in [1.807, 2.05) is 51.1 Å². The summed E-state index contributed by atoms with van der Waals surface area (Å²) < 4.78 is 29.0. The maximum Gasteiger partial charge on any atom is 0.264 e. The summed E-state index contributed by atoms with van der Waals surface area (Å²) in [6.07, 6.45) is 0.509. The van der Waals surface area contributed by atoms with Crippen LogP contribution in [-0.4, -0.2) is 50.8 Å². The largest absolute Gasteiger partial charge is 0.354 e. The number of hydrogen-bond acceptors (Lipinski definition) is 4. The van der Waals surface area contributed by atoms with Gasteiger partial charge in [0.2, 0.25) is 11.8 Å². The summed E-state index contributed by atoms with van der Waals surface area (Å²) in [7, 11) is -4.15. The fourth-order valence-electron chi connectivity index (χ4n) is 4.24. The molecule has 0 saturated carbocycles. The molecule has 3 rings (SSSR count). The number of rotatable bonds is 12. The summed E-state index contributed by atoms with van der Waals surface area (Å²) in [6.45, 7) is 9.46. The third-order valence-electron chi connectivity index (χ3n) is 6.73. The molecule has 0 radical (unpaired) electrons. The molecule has 0 aliphatic rings. The Bertz CT molecular complexity index is 1410. The van der Waals surface area contributed by atoms with E-state index in [9.17, 15) is 18.0 Å². The zero-order chi connectivity index (χ0) is 29.4. The number of benzene rings is 3. The summed E-state index contributed by atoms with van der Waals surface area (Å²) in [5.74, 6) is -0.536. The van der Waals surface area contributed by atoms with Crippen molar-refractivity contribution in [1.29, 1.82) is 0 Å². The van der Waals surface area contributed by atoms with Gasteiger partial charge in [-0.2, -0.15) is 0 Å². The quantitative estimate of drug-likeness (QED) is 0.310. The van der Waals surface area contributed by atoms with Crippen molar-refractivity contribution in [1.82, 2.24) is 10.2 Å². The molecule has 0 spiro atoms. The lowest BCUT2D eigenvalue weighted by Gasteiger charge is -2.32. The van der Waals surface area contributed by atoms with Crippen molar-refractivity contribution in [3.05, 3.63) is 94.5 Å². The van der Waals surface area contributed by atoms with Gasteiger partial charge in [0.25, 0.3) is 10.0 Å². The van der Waals surface area contributed by atoms with Crippen LogP contribution in [0, 0.1) is 19.8 Å². The minimum atomic E-state index is -4.15. The van der Waals surface area contributed by atoms with Crippen molar-refractivity contribution in [3.63, 3.8) is 0 Å². The molecule has 0 aromatic heterocycles. The number of nitrogens with zero attached hydrogens (tertiary/aromatic N) is 2. The molecule has 40 heavy (non-hydrogen) atoms. The average molecular weight is 584 g/mol. The SMILES string of the molecule is Cc1ccc(S(=O)(=O)N(CC(=O)N(CCc2ccccc2)C(C)C(=O)NCC(C)C)c2cccc(Cl)c2C)cc1. The molecule has 2 amide bonds. The van der Waals surface area contributed by atoms with E-state index in [1.165, 1.54) is 17.0 Å². The van der Waals surface area contributed by atoms with Gasteiger partial charge in [-0.3, -0.25) is 13.9 Å². The molecule has 0 saturated heterocycles. The minimum absolute atomic E-state index is 0.0591. The van der Waals surface area contributed by atoms with Crippen molar-refractivity contribution in [2.24, 2.45) is 5.92 Å². The van der Waals surface area contributed by atoms with Gasteiger partial charge in [0.05, 0.1) is 10.6 Å². The summed E-state index contributed by atoms with van der Waals surface area (Å²) in [4.78, 5) is 28.5. The Morgan fingerprint density at radius 2 is 1.55 bits per heavy atom. The number of hydrogen-bond donors (Lipinski definition) is 1. The highest BCUT2D eigenvalue weighted by Crippen LogP contribution is 2.31. The monoisotopic (exact) mass is 583 g/mol. The lowest BCUT2D eigenvalue weighted by Crippen LogP contribution is -2.52. The van der Waals surface area contributed by atoms with E-state index in [-0.39, 0.29) is 23.3 Å². The Morgan fingerprint density at radius 1 is 0.900 bits per heavy atom. The van der Waals surface area contributed by atoms with Gasteiger partial charge in [-0.25, -0.2) is 8.42 Å². The Morgan fingerprint density at radius 3 is 2.17 bits per heavy atom. The Labute approximate surface area is 243 Å². The number of sulfonamides is 1. The first-order valence-electron chi connectivity index (χ1n) is 13.4. The van der Waals surface area contributed by atoms with Crippen LogP contribution in [0.4, 0.5) is 5.69 Å². The third-order valence-corrected chi connectivity index (χ3v) is 8.92. The molecule has 0 fully saturated rings. The van der Waals surface area contributed by atoms with Gasteiger partial charge in [-0.05, 0) is 68.5 Å². The highest BCUT2D eigenvalue weighted by molar-refractivity contribution is 7.92. The zero-order valence-corrected chi connectivity index (χ0v) is 25.3. The van der Waals surface area contributed by atoms with E-state index in [1.54, 1.807) is 44.2 Å². The first kappa shape index (κ1) is 31.2. The summed E-state index contributed by atoms with van der Waals surface area (Å²) in [6, 6.07) is 20.3. The van der Waals surface area contributed by atoms with Crippen LogP contribution < -0.4 is 9.62 Å². The van der Waals surface area contributed by atoms with E-state index >= 15 is 0 Å². The molecule has 1 atom stereocenters. The molecule has 3 aromatic carbocycles. The molecule has 7 nitrogen and oxygen atoms in total. The van der Waals surface area contributed by atoms with Crippen LogP contribution in [0.25, 0.3) is 0 Å².